The second kappa shape index (κ2) is 7.31. The lowest BCUT2D eigenvalue weighted by atomic mass is 10.1. The normalized spacial score (nSPS) is 28.4. The highest BCUT2D eigenvalue weighted by molar-refractivity contribution is 4.76. The number of morpholine rings is 1. The van der Waals surface area contributed by atoms with Crippen LogP contribution in [0.1, 0.15) is 26.2 Å². The van der Waals surface area contributed by atoms with Crippen molar-refractivity contribution in [2.24, 2.45) is 0 Å². The molecule has 1 N–H and O–H groups in total. The van der Waals surface area contributed by atoms with E-state index in [1.807, 2.05) is 0 Å². The van der Waals surface area contributed by atoms with Gasteiger partial charge in [0, 0.05) is 44.9 Å². The first-order valence-electron chi connectivity index (χ1n) is 7.03. The smallest absolute Gasteiger partial charge is 0.0622 e. The Bertz CT molecular complexity index is 208. The second-order valence-electron chi connectivity index (χ2n) is 5.01. The Hall–Kier alpha value is -0.160. The summed E-state index contributed by atoms with van der Waals surface area (Å²) >= 11 is 0. The summed E-state index contributed by atoms with van der Waals surface area (Å²) in [5.74, 6) is 0. The molecule has 0 aliphatic carbocycles. The average molecular weight is 242 g/mol. The van der Waals surface area contributed by atoms with Crippen LogP contribution in [0.15, 0.2) is 0 Å². The Morgan fingerprint density at radius 1 is 1.18 bits per heavy atom. The Balaban J connectivity index is 1.62. The highest BCUT2D eigenvalue weighted by Gasteiger charge is 2.21. The Morgan fingerprint density at radius 3 is 2.76 bits per heavy atom. The van der Waals surface area contributed by atoms with E-state index in [0.717, 1.165) is 46.1 Å². The molecule has 0 radical (unpaired) electrons. The van der Waals surface area contributed by atoms with Gasteiger partial charge in [-0.15, -0.1) is 0 Å². The third-order valence-electron chi connectivity index (χ3n) is 3.87. The Morgan fingerprint density at radius 2 is 2.00 bits per heavy atom. The summed E-state index contributed by atoms with van der Waals surface area (Å²) in [6, 6.07) is 1.30. The van der Waals surface area contributed by atoms with Crippen LogP contribution >= 0.6 is 0 Å². The maximum atomic E-state index is 5.52. The van der Waals surface area contributed by atoms with Crippen molar-refractivity contribution in [1.82, 2.24) is 10.2 Å². The highest BCUT2D eigenvalue weighted by atomic mass is 16.5. The molecule has 4 nitrogen and oxygen atoms in total. The van der Waals surface area contributed by atoms with Crippen molar-refractivity contribution >= 4 is 0 Å². The van der Waals surface area contributed by atoms with Gasteiger partial charge in [0.1, 0.15) is 0 Å². The van der Waals surface area contributed by atoms with E-state index in [4.69, 9.17) is 9.47 Å². The molecule has 2 aliphatic heterocycles. The SMILES string of the molecule is CCC1COCCN1CCNC1CCOCC1. The van der Waals surface area contributed by atoms with E-state index < -0.39 is 0 Å². The first kappa shape index (κ1) is 13.3. The molecule has 0 aromatic heterocycles. The van der Waals surface area contributed by atoms with Crippen molar-refractivity contribution in [2.75, 3.05) is 46.1 Å². The molecule has 0 amide bonds. The molecule has 17 heavy (non-hydrogen) atoms. The van der Waals surface area contributed by atoms with Crippen LogP contribution in [-0.2, 0) is 9.47 Å². The maximum absolute atomic E-state index is 5.52. The molecule has 2 fully saturated rings. The van der Waals surface area contributed by atoms with Crippen LogP contribution in [0.4, 0.5) is 0 Å². The summed E-state index contributed by atoms with van der Waals surface area (Å²) in [5, 5.41) is 3.65. The molecule has 1 atom stereocenters. The van der Waals surface area contributed by atoms with Crippen molar-refractivity contribution in [2.45, 2.75) is 38.3 Å². The van der Waals surface area contributed by atoms with Gasteiger partial charge in [0.05, 0.1) is 13.2 Å². The van der Waals surface area contributed by atoms with Gasteiger partial charge in [-0.2, -0.15) is 0 Å². The minimum Gasteiger partial charge on any atom is -0.381 e. The lowest BCUT2D eigenvalue weighted by Gasteiger charge is -2.35. The molecule has 0 saturated carbocycles. The molecule has 2 heterocycles. The zero-order chi connectivity index (χ0) is 11.9. The number of ether oxygens (including phenoxy) is 2. The number of hydrogen-bond acceptors (Lipinski definition) is 4. The predicted molar refractivity (Wildman–Crippen MR) is 68.3 cm³/mol. The van der Waals surface area contributed by atoms with Crippen LogP contribution in [0.5, 0.6) is 0 Å². The quantitative estimate of drug-likeness (QED) is 0.775. The monoisotopic (exact) mass is 242 g/mol. The fraction of sp³-hybridized carbons (Fsp3) is 1.00. The molecule has 0 bridgehead atoms. The number of rotatable bonds is 5. The van der Waals surface area contributed by atoms with E-state index in [-0.39, 0.29) is 0 Å². The van der Waals surface area contributed by atoms with E-state index in [0.29, 0.717) is 12.1 Å². The highest BCUT2D eigenvalue weighted by Crippen LogP contribution is 2.10. The fourth-order valence-corrected chi connectivity index (χ4v) is 2.67. The maximum Gasteiger partial charge on any atom is 0.0622 e. The molecule has 100 valence electrons. The van der Waals surface area contributed by atoms with Crippen LogP contribution < -0.4 is 5.32 Å². The van der Waals surface area contributed by atoms with Crippen molar-refractivity contribution in [3.8, 4) is 0 Å². The van der Waals surface area contributed by atoms with E-state index in [9.17, 15) is 0 Å². The van der Waals surface area contributed by atoms with E-state index in [1.54, 1.807) is 0 Å². The molecular weight excluding hydrogens is 216 g/mol. The average Bonchev–Trinajstić information content (AvgIpc) is 2.40. The van der Waals surface area contributed by atoms with E-state index in [1.165, 1.54) is 19.3 Å². The van der Waals surface area contributed by atoms with Gasteiger partial charge in [-0.1, -0.05) is 6.92 Å². The summed E-state index contributed by atoms with van der Waals surface area (Å²) < 4.78 is 10.9. The molecule has 0 aromatic carbocycles. The van der Waals surface area contributed by atoms with Crippen molar-refractivity contribution in [1.29, 1.82) is 0 Å². The van der Waals surface area contributed by atoms with Crippen LogP contribution in [0, 0.1) is 0 Å². The van der Waals surface area contributed by atoms with Crippen molar-refractivity contribution in [3.05, 3.63) is 0 Å². The van der Waals surface area contributed by atoms with Crippen LogP contribution in [-0.4, -0.2) is 63.0 Å². The second-order valence-corrected chi connectivity index (χ2v) is 5.01. The molecule has 2 saturated heterocycles. The van der Waals surface area contributed by atoms with Crippen molar-refractivity contribution in [3.63, 3.8) is 0 Å². The molecule has 4 heteroatoms. The van der Waals surface area contributed by atoms with Gasteiger partial charge in [0.2, 0.25) is 0 Å². The largest absolute Gasteiger partial charge is 0.381 e. The summed E-state index contributed by atoms with van der Waals surface area (Å²) in [7, 11) is 0. The summed E-state index contributed by atoms with van der Waals surface area (Å²) in [4.78, 5) is 2.57. The zero-order valence-electron chi connectivity index (χ0n) is 11.0. The zero-order valence-corrected chi connectivity index (χ0v) is 11.0. The van der Waals surface area contributed by atoms with Gasteiger partial charge in [0.25, 0.3) is 0 Å². The minimum absolute atomic E-state index is 0.625. The first-order chi connectivity index (χ1) is 8.40. The third kappa shape index (κ3) is 4.21. The standard InChI is InChI=1S/C13H26N2O2/c1-2-13-11-17-10-7-15(13)6-5-14-12-3-8-16-9-4-12/h12-14H,2-11H2,1H3. The van der Waals surface area contributed by atoms with Gasteiger partial charge in [-0.3, -0.25) is 4.90 Å². The molecular formula is C13H26N2O2. The minimum atomic E-state index is 0.625. The lowest BCUT2D eigenvalue weighted by Crippen LogP contribution is -2.48. The Labute approximate surface area is 105 Å². The van der Waals surface area contributed by atoms with Gasteiger partial charge in [-0.25, -0.2) is 0 Å². The predicted octanol–water partition coefficient (Wildman–Crippen LogP) is 0.866. The Kier molecular flexibility index (Phi) is 5.71. The van der Waals surface area contributed by atoms with Gasteiger partial charge in [0.15, 0.2) is 0 Å². The summed E-state index contributed by atoms with van der Waals surface area (Å²) in [6.07, 6.45) is 3.53. The van der Waals surface area contributed by atoms with Gasteiger partial charge < -0.3 is 14.8 Å². The summed E-state index contributed by atoms with van der Waals surface area (Å²) in [5.41, 5.74) is 0. The molecule has 1 unspecified atom stereocenters. The molecule has 0 spiro atoms. The molecule has 0 aromatic rings. The molecule has 2 aliphatic rings. The number of hydrogen-bond donors (Lipinski definition) is 1. The third-order valence-corrected chi connectivity index (χ3v) is 3.87. The van der Waals surface area contributed by atoms with E-state index in [2.05, 4.69) is 17.1 Å². The number of nitrogens with one attached hydrogen (secondary N) is 1. The topological polar surface area (TPSA) is 33.7 Å². The van der Waals surface area contributed by atoms with Crippen LogP contribution in [0.3, 0.4) is 0 Å². The van der Waals surface area contributed by atoms with E-state index >= 15 is 0 Å². The van der Waals surface area contributed by atoms with Crippen LogP contribution in [0.25, 0.3) is 0 Å². The number of nitrogens with zero attached hydrogens (tertiary/aromatic N) is 1. The van der Waals surface area contributed by atoms with Crippen LogP contribution in [0.2, 0.25) is 0 Å². The van der Waals surface area contributed by atoms with Gasteiger partial charge in [-0.05, 0) is 19.3 Å². The van der Waals surface area contributed by atoms with Crippen molar-refractivity contribution < 1.29 is 9.47 Å². The summed E-state index contributed by atoms with van der Waals surface area (Å²) in [6.45, 7) is 9.24. The fourth-order valence-electron chi connectivity index (χ4n) is 2.67. The first-order valence-corrected chi connectivity index (χ1v) is 7.03. The molecule has 2 rings (SSSR count). The van der Waals surface area contributed by atoms with Gasteiger partial charge >= 0.3 is 0 Å². The lowest BCUT2D eigenvalue weighted by molar-refractivity contribution is -0.00870.